The molecule has 4 heteroatoms. The lowest BCUT2D eigenvalue weighted by atomic mass is 9.94. The van der Waals surface area contributed by atoms with Crippen molar-refractivity contribution in [2.24, 2.45) is 5.92 Å². The number of ether oxygens (including phenoxy) is 2. The first-order chi connectivity index (χ1) is 8.30. The van der Waals surface area contributed by atoms with Crippen LogP contribution in [0.25, 0.3) is 0 Å². The molecule has 0 radical (unpaired) electrons. The average Bonchev–Trinajstić information content (AvgIpc) is 2.69. The summed E-state index contributed by atoms with van der Waals surface area (Å²) in [5.74, 6) is 0.0648. The van der Waals surface area contributed by atoms with E-state index in [2.05, 4.69) is 33.0 Å². The number of esters is 1. The summed E-state index contributed by atoms with van der Waals surface area (Å²) in [5, 5.41) is 3.54. The molecule has 2 fully saturated rings. The van der Waals surface area contributed by atoms with Gasteiger partial charge < -0.3 is 14.8 Å². The standard InChI is InChI=1S/C14H25NO3/c1-13(2)9-11(14(3,4)18-13)15-7-5-10-6-8-17-12(10)16/h10-11,15H,5-9H2,1-4H3/t10-,11+/m1/s1. The molecule has 0 bridgehead atoms. The Morgan fingerprint density at radius 2 is 2.06 bits per heavy atom. The van der Waals surface area contributed by atoms with E-state index in [1.54, 1.807) is 0 Å². The van der Waals surface area contributed by atoms with Crippen LogP contribution >= 0.6 is 0 Å². The topological polar surface area (TPSA) is 47.6 Å². The molecular weight excluding hydrogens is 230 g/mol. The zero-order valence-corrected chi connectivity index (χ0v) is 11.9. The van der Waals surface area contributed by atoms with Crippen LogP contribution in [0.2, 0.25) is 0 Å². The third-order valence-electron chi connectivity index (χ3n) is 4.00. The monoisotopic (exact) mass is 255 g/mol. The Hall–Kier alpha value is -0.610. The van der Waals surface area contributed by atoms with Gasteiger partial charge in [-0.2, -0.15) is 0 Å². The number of carbonyl (C=O) groups is 1. The molecule has 0 aliphatic carbocycles. The van der Waals surface area contributed by atoms with Crippen molar-refractivity contribution in [2.75, 3.05) is 13.2 Å². The lowest BCUT2D eigenvalue weighted by Gasteiger charge is -2.28. The van der Waals surface area contributed by atoms with Gasteiger partial charge >= 0.3 is 5.97 Å². The van der Waals surface area contributed by atoms with Crippen molar-refractivity contribution in [1.82, 2.24) is 5.32 Å². The number of nitrogens with one attached hydrogen (secondary N) is 1. The van der Waals surface area contributed by atoms with Crippen molar-refractivity contribution in [1.29, 1.82) is 0 Å². The van der Waals surface area contributed by atoms with Crippen molar-refractivity contribution in [3.05, 3.63) is 0 Å². The Labute approximate surface area is 109 Å². The molecule has 2 heterocycles. The summed E-state index contributed by atoms with van der Waals surface area (Å²) in [4.78, 5) is 11.4. The predicted octanol–water partition coefficient (Wildman–Crippen LogP) is 1.88. The molecule has 0 aromatic carbocycles. The summed E-state index contributed by atoms with van der Waals surface area (Å²) in [6.45, 7) is 9.96. The van der Waals surface area contributed by atoms with Gasteiger partial charge in [-0.15, -0.1) is 0 Å². The van der Waals surface area contributed by atoms with Crippen molar-refractivity contribution in [3.63, 3.8) is 0 Å². The summed E-state index contributed by atoms with van der Waals surface area (Å²) in [6, 6.07) is 0.352. The summed E-state index contributed by atoms with van der Waals surface area (Å²) in [6.07, 6.45) is 2.75. The van der Waals surface area contributed by atoms with E-state index in [9.17, 15) is 4.79 Å². The molecule has 0 aromatic heterocycles. The highest BCUT2D eigenvalue weighted by Crippen LogP contribution is 2.37. The molecule has 0 spiro atoms. The molecule has 1 N–H and O–H groups in total. The second kappa shape index (κ2) is 4.82. The van der Waals surface area contributed by atoms with Gasteiger partial charge in [0.05, 0.1) is 23.7 Å². The molecule has 0 saturated carbocycles. The minimum Gasteiger partial charge on any atom is -0.465 e. The Bertz CT molecular complexity index is 325. The summed E-state index contributed by atoms with van der Waals surface area (Å²) >= 11 is 0. The number of hydrogen-bond acceptors (Lipinski definition) is 4. The number of carbonyl (C=O) groups excluding carboxylic acids is 1. The van der Waals surface area contributed by atoms with Crippen molar-refractivity contribution in [2.45, 2.75) is 64.2 Å². The predicted molar refractivity (Wildman–Crippen MR) is 69.3 cm³/mol. The van der Waals surface area contributed by atoms with E-state index in [1.165, 1.54) is 0 Å². The minimum atomic E-state index is -0.139. The van der Waals surface area contributed by atoms with E-state index < -0.39 is 0 Å². The first kappa shape index (κ1) is 13.8. The molecule has 2 aliphatic heterocycles. The lowest BCUT2D eigenvalue weighted by Crippen LogP contribution is -2.44. The lowest BCUT2D eigenvalue weighted by molar-refractivity contribution is -0.141. The minimum absolute atomic E-state index is 0.0286. The molecule has 0 amide bonds. The third-order valence-corrected chi connectivity index (χ3v) is 4.00. The van der Waals surface area contributed by atoms with E-state index in [1.807, 2.05) is 0 Å². The first-order valence-corrected chi connectivity index (χ1v) is 6.90. The highest BCUT2D eigenvalue weighted by atomic mass is 16.5. The fraction of sp³-hybridized carbons (Fsp3) is 0.929. The van der Waals surface area contributed by atoms with Gasteiger partial charge in [-0.05, 0) is 53.5 Å². The Morgan fingerprint density at radius 3 is 2.56 bits per heavy atom. The molecule has 0 aromatic rings. The molecule has 18 heavy (non-hydrogen) atoms. The third kappa shape index (κ3) is 3.04. The van der Waals surface area contributed by atoms with Crippen molar-refractivity contribution < 1.29 is 14.3 Å². The van der Waals surface area contributed by atoms with Crippen molar-refractivity contribution in [3.8, 4) is 0 Å². The van der Waals surface area contributed by atoms with Gasteiger partial charge in [0.2, 0.25) is 0 Å². The fourth-order valence-electron chi connectivity index (χ4n) is 3.11. The van der Waals surface area contributed by atoms with Gasteiger partial charge in [0.1, 0.15) is 0 Å². The van der Waals surface area contributed by atoms with Gasteiger partial charge in [-0.1, -0.05) is 0 Å². The normalized spacial score (nSPS) is 33.7. The molecule has 2 saturated heterocycles. The van der Waals surface area contributed by atoms with Gasteiger partial charge in [0.25, 0.3) is 0 Å². The van der Waals surface area contributed by atoms with Gasteiger partial charge in [-0.3, -0.25) is 4.79 Å². The number of hydrogen-bond donors (Lipinski definition) is 1. The summed E-state index contributed by atoms with van der Waals surface area (Å²) in [7, 11) is 0. The summed E-state index contributed by atoms with van der Waals surface area (Å²) in [5.41, 5.74) is -0.201. The van der Waals surface area contributed by atoms with Crippen LogP contribution in [0, 0.1) is 5.92 Å². The van der Waals surface area contributed by atoms with E-state index >= 15 is 0 Å². The first-order valence-electron chi connectivity index (χ1n) is 6.90. The molecule has 0 unspecified atom stereocenters. The maximum atomic E-state index is 11.4. The average molecular weight is 255 g/mol. The Kier molecular flexibility index (Phi) is 3.70. The second-order valence-electron chi connectivity index (χ2n) is 6.62. The molecular formula is C14H25NO3. The highest BCUT2D eigenvalue weighted by molar-refractivity contribution is 5.74. The smallest absolute Gasteiger partial charge is 0.309 e. The van der Waals surface area contributed by atoms with Crippen LogP contribution in [0.1, 0.15) is 47.0 Å². The quantitative estimate of drug-likeness (QED) is 0.779. The maximum absolute atomic E-state index is 11.4. The molecule has 104 valence electrons. The van der Waals surface area contributed by atoms with Gasteiger partial charge in [0.15, 0.2) is 0 Å². The van der Waals surface area contributed by atoms with Crippen LogP contribution in [0.15, 0.2) is 0 Å². The van der Waals surface area contributed by atoms with Crippen LogP contribution in [-0.2, 0) is 14.3 Å². The SMILES string of the molecule is CC1(C)C[C@H](NCC[C@@H]2CCOC2=O)C(C)(C)O1. The fourth-order valence-corrected chi connectivity index (χ4v) is 3.11. The highest BCUT2D eigenvalue weighted by Gasteiger charge is 2.45. The van der Waals surface area contributed by atoms with Crippen LogP contribution in [0.4, 0.5) is 0 Å². The van der Waals surface area contributed by atoms with Crippen LogP contribution in [0.3, 0.4) is 0 Å². The van der Waals surface area contributed by atoms with E-state index in [0.29, 0.717) is 12.6 Å². The van der Waals surface area contributed by atoms with Gasteiger partial charge in [-0.25, -0.2) is 0 Å². The molecule has 2 aliphatic rings. The zero-order chi connectivity index (χ0) is 13.4. The second-order valence-corrected chi connectivity index (χ2v) is 6.62. The molecule has 2 rings (SSSR count). The zero-order valence-electron chi connectivity index (χ0n) is 11.9. The summed E-state index contributed by atoms with van der Waals surface area (Å²) < 4.78 is 11.0. The Morgan fingerprint density at radius 1 is 1.33 bits per heavy atom. The molecule has 4 nitrogen and oxygen atoms in total. The number of cyclic esters (lactones) is 1. The van der Waals surface area contributed by atoms with E-state index in [-0.39, 0.29) is 23.1 Å². The van der Waals surface area contributed by atoms with E-state index in [0.717, 1.165) is 25.8 Å². The van der Waals surface area contributed by atoms with Crippen LogP contribution in [-0.4, -0.2) is 36.4 Å². The molecule has 2 atom stereocenters. The Balaban J connectivity index is 1.78. The van der Waals surface area contributed by atoms with Crippen LogP contribution < -0.4 is 5.32 Å². The van der Waals surface area contributed by atoms with Crippen molar-refractivity contribution >= 4 is 5.97 Å². The van der Waals surface area contributed by atoms with Gasteiger partial charge in [0, 0.05) is 6.04 Å². The number of rotatable bonds is 4. The maximum Gasteiger partial charge on any atom is 0.309 e. The van der Waals surface area contributed by atoms with E-state index in [4.69, 9.17) is 9.47 Å². The van der Waals surface area contributed by atoms with Crippen LogP contribution in [0.5, 0.6) is 0 Å². The largest absolute Gasteiger partial charge is 0.465 e.